The Morgan fingerprint density at radius 3 is 2.39 bits per heavy atom. The minimum Gasteiger partial charge on any atom is -0.466 e. The molecule has 0 aliphatic carbocycles. The number of amides is 1. The summed E-state index contributed by atoms with van der Waals surface area (Å²) in [7, 11) is 1.24. The standard InChI is InChI=1S/C20H22N2O5S/c1-5-27-20(25)15-13(12-8-6-10(2)7-9-12)14(19(24)26-4)16(21)22-17(23)11(3)28-18(15)22/h6-9,11,13H,5,21H2,1-4H3/t11-,13+/m0/s1. The molecule has 2 N–H and O–H groups in total. The van der Waals surface area contributed by atoms with Crippen LogP contribution in [0.1, 0.15) is 30.9 Å². The summed E-state index contributed by atoms with van der Waals surface area (Å²) in [5.41, 5.74) is 8.27. The topological polar surface area (TPSA) is 98.9 Å². The number of hydrogen-bond donors (Lipinski definition) is 1. The summed E-state index contributed by atoms with van der Waals surface area (Å²) in [6.45, 7) is 5.53. The Kier molecular flexibility index (Phi) is 5.51. The lowest BCUT2D eigenvalue weighted by Gasteiger charge is -2.33. The molecule has 1 fully saturated rings. The maximum Gasteiger partial charge on any atom is 0.338 e. The first-order valence-electron chi connectivity index (χ1n) is 8.88. The van der Waals surface area contributed by atoms with Crippen LogP contribution >= 0.6 is 11.8 Å². The maximum absolute atomic E-state index is 12.9. The SMILES string of the molecule is CCOC(=O)C1=C2S[C@@H](C)C(=O)N2C(N)=C(C(=O)OC)[C@H]1c1ccc(C)cc1. The fraction of sp³-hybridized carbons (Fsp3) is 0.350. The molecule has 0 radical (unpaired) electrons. The second-order valence-electron chi connectivity index (χ2n) is 6.51. The Hall–Kier alpha value is -2.74. The molecule has 3 rings (SSSR count). The second kappa shape index (κ2) is 7.71. The average Bonchev–Trinajstić information content (AvgIpc) is 2.96. The summed E-state index contributed by atoms with van der Waals surface area (Å²) in [5.74, 6) is -2.37. The van der Waals surface area contributed by atoms with Gasteiger partial charge in [-0.05, 0) is 26.3 Å². The fourth-order valence-electron chi connectivity index (χ4n) is 3.34. The largest absolute Gasteiger partial charge is 0.466 e. The predicted octanol–water partition coefficient (Wildman–Crippen LogP) is 2.17. The number of hydrogen-bond acceptors (Lipinski definition) is 7. The number of nitrogens with two attached hydrogens (primary N) is 1. The van der Waals surface area contributed by atoms with Gasteiger partial charge >= 0.3 is 11.9 Å². The van der Waals surface area contributed by atoms with Crippen molar-refractivity contribution in [2.24, 2.45) is 5.73 Å². The number of benzene rings is 1. The highest BCUT2D eigenvalue weighted by Crippen LogP contribution is 2.49. The van der Waals surface area contributed by atoms with E-state index < -0.39 is 23.1 Å². The van der Waals surface area contributed by atoms with Crippen LogP contribution in [0.25, 0.3) is 0 Å². The van der Waals surface area contributed by atoms with Crippen molar-refractivity contribution in [2.45, 2.75) is 31.9 Å². The third-order valence-corrected chi connectivity index (χ3v) is 5.88. The molecule has 7 nitrogen and oxygen atoms in total. The van der Waals surface area contributed by atoms with Gasteiger partial charge in [0.15, 0.2) is 0 Å². The summed E-state index contributed by atoms with van der Waals surface area (Å²) in [5, 5.41) is -0.0275. The van der Waals surface area contributed by atoms with Gasteiger partial charge in [-0.2, -0.15) is 0 Å². The van der Waals surface area contributed by atoms with Crippen LogP contribution in [0.3, 0.4) is 0 Å². The molecule has 0 aromatic heterocycles. The summed E-state index contributed by atoms with van der Waals surface area (Å²) in [4.78, 5) is 39.5. The summed E-state index contributed by atoms with van der Waals surface area (Å²) in [6, 6.07) is 7.43. The monoisotopic (exact) mass is 402 g/mol. The van der Waals surface area contributed by atoms with Crippen molar-refractivity contribution in [3.63, 3.8) is 0 Å². The molecule has 1 saturated heterocycles. The van der Waals surface area contributed by atoms with Crippen LogP contribution in [-0.4, -0.2) is 41.7 Å². The first-order valence-corrected chi connectivity index (χ1v) is 9.76. The number of aryl methyl sites for hydroxylation is 1. The summed E-state index contributed by atoms with van der Waals surface area (Å²) < 4.78 is 10.2. The maximum atomic E-state index is 12.9. The highest BCUT2D eigenvalue weighted by Gasteiger charge is 2.48. The number of methoxy groups -OCH3 is 1. The van der Waals surface area contributed by atoms with Gasteiger partial charge in [-0.15, -0.1) is 0 Å². The van der Waals surface area contributed by atoms with Gasteiger partial charge in [-0.3, -0.25) is 9.69 Å². The molecule has 8 heteroatoms. The Labute approximate surface area is 167 Å². The fourth-order valence-corrected chi connectivity index (χ4v) is 4.50. The van der Waals surface area contributed by atoms with Gasteiger partial charge in [-0.25, -0.2) is 9.59 Å². The molecule has 0 unspecified atom stereocenters. The van der Waals surface area contributed by atoms with Crippen LogP contribution in [0.2, 0.25) is 0 Å². The Balaban J connectivity index is 2.30. The van der Waals surface area contributed by atoms with Gasteiger partial charge in [0.05, 0.1) is 41.1 Å². The van der Waals surface area contributed by atoms with E-state index >= 15 is 0 Å². The lowest BCUT2D eigenvalue weighted by molar-refractivity contribution is -0.139. The number of esters is 2. The summed E-state index contributed by atoms with van der Waals surface area (Å²) in [6.07, 6.45) is 0. The minimum absolute atomic E-state index is 0.0117. The predicted molar refractivity (Wildman–Crippen MR) is 105 cm³/mol. The smallest absolute Gasteiger partial charge is 0.338 e. The number of rotatable bonds is 4. The number of carbonyl (C=O) groups excluding carboxylic acids is 3. The molecule has 148 valence electrons. The summed E-state index contributed by atoms with van der Waals surface area (Å²) >= 11 is 1.24. The van der Waals surface area contributed by atoms with Gasteiger partial charge in [-0.1, -0.05) is 41.6 Å². The second-order valence-corrected chi connectivity index (χ2v) is 7.84. The van der Waals surface area contributed by atoms with E-state index in [-0.39, 0.29) is 29.5 Å². The molecule has 0 saturated carbocycles. The van der Waals surface area contributed by atoms with Crippen LogP contribution in [0, 0.1) is 6.92 Å². The number of fused-ring (bicyclic) bond motifs is 1. The number of nitrogens with zero attached hydrogens (tertiary/aromatic N) is 1. The molecule has 2 aliphatic heterocycles. The molecule has 2 aliphatic rings. The van der Waals surface area contributed by atoms with Crippen molar-refractivity contribution in [2.75, 3.05) is 13.7 Å². The van der Waals surface area contributed by atoms with Crippen LogP contribution in [0.4, 0.5) is 0 Å². The molecule has 0 spiro atoms. The van der Waals surface area contributed by atoms with Gasteiger partial charge in [0, 0.05) is 0 Å². The molecule has 2 heterocycles. The molecule has 1 amide bonds. The zero-order valence-corrected chi connectivity index (χ0v) is 17.0. The quantitative estimate of drug-likeness (QED) is 0.771. The lowest BCUT2D eigenvalue weighted by atomic mass is 9.82. The van der Waals surface area contributed by atoms with Crippen molar-refractivity contribution in [1.29, 1.82) is 0 Å². The Morgan fingerprint density at radius 2 is 1.82 bits per heavy atom. The van der Waals surface area contributed by atoms with Crippen molar-refractivity contribution in [3.8, 4) is 0 Å². The molecular weight excluding hydrogens is 380 g/mol. The molecular formula is C20H22N2O5S. The van der Waals surface area contributed by atoms with Gasteiger partial charge in [0.1, 0.15) is 5.82 Å². The van der Waals surface area contributed by atoms with Gasteiger partial charge in [0.2, 0.25) is 5.91 Å². The molecule has 1 aromatic carbocycles. The van der Waals surface area contributed by atoms with E-state index in [0.717, 1.165) is 5.56 Å². The van der Waals surface area contributed by atoms with Crippen LogP contribution < -0.4 is 5.73 Å². The third-order valence-electron chi connectivity index (χ3n) is 4.70. The van der Waals surface area contributed by atoms with E-state index in [4.69, 9.17) is 15.2 Å². The third kappa shape index (κ3) is 3.17. The zero-order chi connectivity index (χ0) is 20.6. The van der Waals surface area contributed by atoms with Gasteiger partial charge < -0.3 is 15.2 Å². The average molecular weight is 402 g/mol. The van der Waals surface area contributed by atoms with Crippen LogP contribution in [0.15, 0.2) is 46.3 Å². The highest BCUT2D eigenvalue weighted by atomic mass is 32.2. The van der Waals surface area contributed by atoms with Crippen molar-refractivity contribution in [3.05, 3.63) is 57.4 Å². The van der Waals surface area contributed by atoms with E-state index in [2.05, 4.69) is 0 Å². The van der Waals surface area contributed by atoms with E-state index in [1.54, 1.807) is 13.8 Å². The molecule has 28 heavy (non-hydrogen) atoms. The van der Waals surface area contributed by atoms with Crippen molar-refractivity contribution >= 4 is 29.6 Å². The minimum atomic E-state index is -0.788. The number of carbonyl (C=O) groups is 3. The number of thioether (sulfide) groups is 1. The van der Waals surface area contributed by atoms with E-state index in [0.29, 0.717) is 10.6 Å². The lowest BCUT2D eigenvalue weighted by Crippen LogP contribution is -2.40. The molecule has 1 aromatic rings. The van der Waals surface area contributed by atoms with Crippen LogP contribution in [-0.2, 0) is 23.9 Å². The van der Waals surface area contributed by atoms with E-state index in [9.17, 15) is 14.4 Å². The Bertz CT molecular complexity index is 904. The van der Waals surface area contributed by atoms with Crippen molar-refractivity contribution < 1.29 is 23.9 Å². The van der Waals surface area contributed by atoms with Gasteiger partial charge in [0.25, 0.3) is 0 Å². The normalized spacial score (nSPS) is 21.7. The first-order chi connectivity index (χ1) is 13.3. The van der Waals surface area contributed by atoms with Crippen LogP contribution in [0.5, 0.6) is 0 Å². The zero-order valence-electron chi connectivity index (χ0n) is 16.1. The number of ether oxygens (including phenoxy) is 2. The Morgan fingerprint density at radius 1 is 1.18 bits per heavy atom. The highest BCUT2D eigenvalue weighted by molar-refractivity contribution is 8.04. The van der Waals surface area contributed by atoms with E-state index in [1.165, 1.54) is 23.8 Å². The molecule has 0 bridgehead atoms. The molecule has 2 atom stereocenters. The van der Waals surface area contributed by atoms with E-state index in [1.807, 2.05) is 31.2 Å². The van der Waals surface area contributed by atoms with Crippen molar-refractivity contribution in [1.82, 2.24) is 4.90 Å². The first kappa shape index (κ1) is 20.0.